The van der Waals surface area contributed by atoms with Gasteiger partial charge in [0, 0.05) is 43.4 Å². The fourth-order valence-electron chi connectivity index (χ4n) is 8.22. The van der Waals surface area contributed by atoms with Crippen LogP contribution in [0.1, 0.15) is 131 Å². The fraction of sp³-hybridized carbons (Fsp3) is 0.903. The molecule has 3 saturated carbocycles. The van der Waals surface area contributed by atoms with E-state index in [9.17, 15) is 0 Å². The molecule has 4 rings (SSSR count). The van der Waals surface area contributed by atoms with Gasteiger partial charge >= 0.3 is 34.5 Å². The zero-order chi connectivity index (χ0) is 27.5. The van der Waals surface area contributed by atoms with Crippen LogP contribution in [0.5, 0.6) is 0 Å². The molecular formula is C31H57Cl2N2OPRu. The summed E-state index contributed by atoms with van der Waals surface area (Å²) in [6.07, 6.45) is 21.4. The van der Waals surface area contributed by atoms with Gasteiger partial charge in [-0.1, -0.05) is 51.8 Å². The molecule has 38 heavy (non-hydrogen) atoms. The number of ether oxygens (including phenoxy) is 1. The van der Waals surface area contributed by atoms with E-state index in [4.69, 9.17) is 24.1 Å². The minimum absolute atomic E-state index is 0.346. The van der Waals surface area contributed by atoms with E-state index in [-0.39, 0.29) is 15.1 Å². The summed E-state index contributed by atoms with van der Waals surface area (Å²) in [5.74, 6) is 4.28. The molecule has 0 aromatic heterocycles. The quantitative estimate of drug-likeness (QED) is 0.197. The van der Waals surface area contributed by atoms with Crippen LogP contribution >= 0.6 is 26.3 Å². The molecule has 3 aliphatic carbocycles. The summed E-state index contributed by atoms with van der Waals surface area (Å²) in [6.45, 7) is 13.8. The van der Waals surface area contributed by atoms with Crippen LogP contribution in [-0.2, 0) is 19.9 Å². The topological polar surface area (TPSA) is 15.7 Å². The van der Waals surface area contributed by atoms with Crippen molar-refractivity contribution in [3.8, 4) is 0 Å². The van der Waals surface area contributed by atoms with E-state index in [2.05, 4.69) is 50.4 Å². The average Bonchev–Trinajstić information content (AvgIpc) is 2.95. The van der Waals surface area contributed by atoms with E-state index in [1.54, 1.807) is 5.82 Å². The number of hydrogen-bond donors (Lipinski definition) is 0. The third kappa shape index (κ3) is 8.00. The summed E-state index contributed by atoms with van der Waals surface area (Å²) in [5, 5.41) is 0. The zero-order valence-corrected chi connectivity index (χ0v) is 29.2. The maximum atomic E-state index is 6.52. The first kappa shape index (κ1) is 33.3. The normalized spacial score (nSPS) is 24.7. The molecule has 1 saturated heterocycles. The number of rotatable bonds is 7. The Morgan fingerprint density at radius 1 is 0.789 bits per heavy atom. The average molecular weight is 677 g/mol. The standard InChI is InChI=1S/C31H57N2OP.2ClH.Ru/c1-6-34-24-35(27-16-9-7-10-17-27,28-18-11-8-12-19-28)30-21-14-13-20-29(30)31-32(25(2)3)22-15-23-33(31)26(4)5;;;/h24-28,30H,6-23H2,1-5H3;2*1H;/q;;;+2/p-2. The van der Waals surface area contributed by atoms with Gasteiger partial charge in [-0.25, -0.2) is 0 Å². The molecule has 0 bridgehead atoms. The van der Waals surface area contributed by atoms with Crippen molar-refractivity contribution in [2.45, 2.75) is 160 Å². The van der Waals surface area contributed by atoms with Crippen molar-refractivity contribution in [1.82, 2.24) is 9.80 Å². The Kier molecular flexibility index (Phi) is 14.9. The molecule has 1 unspecified atom stereocenters. The van der Waals surface area contributed by atoms with Crippen molar-refractivity contribution in [3.63, 3.8) is 0 Å². The van der Waals surface area contributed by atoms with Crippen LogP contribution in [0.25, 0.3) is 0 Å². The molecule has 1 atom stereocenters. The second kappa shape index (κ2) is 17.0. The molecule has 0 spiro atoms. The summed E-state index contributed by atoms with van der Waals surface area (Å²) in [4.78, 5) is 5.63. The first-order valence-electron chi connectivity index (χ1n) is 15.9. The minimum atomic E-state index is -1.43. The monoisotopic (exact) mass is 676 g/mol. The van der Waals surface area contributed by atoms with E-state index >= 15 is 0 Å². The van der Waals surface area contributed by atoms with Crippen LogP contribution in [-0.4, -0.2) is 64.5 Å². The Morgan fingerprint density at radius 3 is 1.71 bits per heavy atom. The van der Waals surface area contributed by atoms with Gasteiger partial charge in [0.25, 0.3) is 0 Å². The predicted molar refractivity (Wildman–Crippen MR) is 168 cm³/mol. The molecule has 1 heterocycles. The number of halogens is 2. The third-order valence-corrected chi connectivity index (χ3v) is 15.6. The van der Waals surface area contributed by atoms with Gasteiger partial charge in [0.05, 0.1) is 0 Å². The molecule has 0 amide bonds. The molecule has 7 heteroatoms. The Balaban J connectivity index is 0.00000127. The van der Waals surface area contributed by atoms with Crippen molar-refractivity contribution >= 4 is 32.3 Å². The van der Waals surface area contributed by atoms with Gasteiger partial charge in [0.1, 0.15) is 5.82 Å². The SMILES string of the molecule is CCOC=P(C1CCCCC1)(C1CCCCC1)C1CCCCC1=C1N(C(C)C)CCCN1C(C)C.[Cl][Ru][Cl]. The number of nitrogens with zero attached hydrogens (tertiary/aromatic N) is 2. The van der Waals surface area contributed by atoms with Gasteiger partial charge in [-0.05, 0) is 103 Å². The van der Waals surface area contributed by atoms with Gasteiger partial charge in [0.15, 0.2) is 0 Å². The Hall–Kier alpha value is 0.803. The molecule has 0 aromatic carbocycles. The molecule has 0 aromatic rings. The Morgan fingerprint density at radius 2 is 1.26 bits per heavy atom. The van der Waals surface area contributed by atoms with Gasteiger partial charge in [-0.2, -0.15) is 0 Å². The van der Waals surface area contributed by atoms with Crippen LogP contribution in [0.3, 0.4) is 0 Å². The van der Waals surface area contributed by atoms with Crippen LogP contribution in [0.15, 0.2) is 11.4 Å². The second-order valence-corrected chi connectivity index (χ2v) is 19.3. The van der Waals surface area contributed by atoms with Crippen LogP contribution in [0.2, 0.25) is 0 Å². The van der Waals surface area contributed by atoms with Crippen molar-refractivity contribution in [2.75, 3.05) is 19.7 Å². The molecular weight excluding hydrogens is 619 g/mol. The van der Waals surface area contributed by atoms with E-state index in [0.717, 1.165) is 23.6 Å². The summed E-state index contributed by atoms with van der Waals surface area (Å²) < 4.78 is 6.52. The van der Waals surface area contributed by atoms with Gasteiger partial charge in [-0.15, -0.1) is 0 Å². The molecule has 0 radical (unpaired) electrons. The first-order valence-corrected chi connectivity index (χ1v) is 22.4. The zero-order valence-electron chi connectivity index (χ0n) is 25.1. The summed E-state index contributed by atoms with van der Waals surface area (Å²) in [7, 11) is 9.71. The van der Waals surface area contributed by atoms with Gasteiger partial charge in [-0.3, -0.25) is 0 Å². The van der Waals surface area contributed by atoms with Crippen LogP contribution in [0, 0.1) is 0 Å². The van der Waals surface area contributed by atoms with Gasteiger partial charge < -0.3 is 14.5 Å². The van der Waals surface area contributed by atoms with E-state index in [0.29, 0.717) is 12.1 Å². The molecule has 4 aliphatic rings. The first-order chi connectivity index (χ1) is 18.4. The second-order valence-electron chi connectivity index (χ2n) is 12.6. The molecule has 0 N–H and O–H groups in total. The fourth-order valence-corrected chi connectivity index (χ4v) is 14.7. The van der Waals surface area contributed by atoms with Crippen molar-refractivity contribution in [2.24, 2.45) is 0 Å². The Bertz CT molecular complexity index is 738. The molecule has 1 aliphatic heterocycles. The predicted octanol–water partition coefficient (Wildman–Crippen LogP) is 9.82. The maximum absolute atomic E-state index is 6.52. The summed E-state index contributed by atoms with van der Waals surface area (Å²) in [6, 6.07) is 1.16. The van der Waals surface area contributed by atoms with Gasteiger partial charge in [0.2, 0.25) is 0 Å². The van der Waals surface area contributed by atoms with E-state index in [1.807, 2.05) is 5.57 Å². The summed E-state index contributed by atoms with van der Waals surface area (Å²) in [5.41, 5.74) is 4.46. The molecule has 3 nitrogen and oxygen atoms in total. The van der Waals surface area contributed by atoms with Crippen molar-refractivity contribution < 1.29 is 19.9 Å². The van der Waals surface area contributed by atoms with E-state index in [1.165, 1.54) is 109 Å². The molecule has 4 fully saturated rings. The number of hydrogen-bond acceptors (Lipinski definition) is 3. The number of allylic oxidation sites excluding steroid dienone is 1. The molecule has 224 valence electrons. The summed E-state index contributed by atoms with van der Waals surface area (Å²) >= 11 is -0.346. The Labute approximate surface area is 251 Å². The van der Waals surface area contributed by atoms with E-state index < -0.39 is 6.89 Å². The van der Waals surface area contributed by atoms with Crippen LogP contribution < -0.4 is 0 Å². The third-order valence-electron chi connectivity index (χ3n) is 9.83. The van der Waals surface area contributed by atoms with Crippen molar-refractivity contribution in [1.29, 1.82) is 0 Å². The van der Waals surface area contributed by atoms with Crippen molar-refractivity contribution in [3.05, 3.63) is 11.4 Å². The van der Waals surface area contributed by atoms with Crippen LogP contribution in [0.4, 0.5) is 0 Å².